The molecular weight excluding hydrogens is 456 g/mol. The lowest BCUT2D eigenvalue weighted by atomic mass is 10.0. The van der Waals surface area contributed by atoms with E-state index in [1.807, 2.05) is 58.0 Å². The van der Waals surface area contributed by atoms with Gasteiger partial charge in [-0.25, -0.2) is 9.78 Å². The average molecular weight is 481 g/mol. The molecule has 0 radical (unpaired) electrons. The number of carbonyl (C=O) groups is 1. The van der Waals surface area contributed by atoms with E-state index < -0.39 is 12.0 Å². The predicted molar refractivity (Wildman–Crippen MR) is 131 cm³/mol. The maximum absolute atomic E-state index is 11.7. The first kappa shape index (κ1) is 23.5. The number of ether oxygens (including phenoxy) is 1. The summed E-state index contributed by atoms with van der Waals surface area (Å²) in [5.74, 6) is 0.732. The molecule has 4 rings (SSSR count). The Morgan fingerprint density at radius 3 is 2.59 bits per heavy atom. The van der Waals surface area contributed by atoms with Gasteiger partial charge in [-0.05, 0) is 49.4 Å². The molecule has 9 heteroatoms. The standard InChI is InChI=1S/C25H25ClN4O4/c1-13(2)21(25(31)32)28-22-17-6-5-7-18(16(17)10-11-27-22)23-29-24(34-30-23)15-8-9-20(19(26)12-15)33-14(3)4/h5-14,21H,1-4H3,(H,27,28)(H,31,32). The Hall–Kier alpha value is -3.65. The number of halogens is 1. The fourth-order valence-corrected chi connectivity index (χ4v) is 3.84. The summed E-state index contributed by atoms with van der Waals surface area (Å²) in [5.41, 5.74) is 1.41. The van der Waals surface area contributed by atoms with Gasteiger partial charge in [0.1, 0.15) is 17.6 Å². The van der Waals surface area contributed by atoms with Crippen molar-refractivity contribution in [3.63, 3.8) is 0 Å². The first-order valence-corrected chi connectivity index (χ1v) is 11.3. The summed E-state index contributed by atoms with van der Waals surface area (Å²) in [5, 5.41) is 18.8. The average Bonchev–Trinajstić information content (AvgIpc) is 3.28. The maximum atomic E-state index is 11.7. The number of hydrogen-bond acceptors (Lipinski definition) is 7. The SMILES string of the molecule is CC(C)Oc1ccc(-c2nc(-c3cccc4c(NC(C(=O)O)C(C)C)nccc34)no2)cc1Cl. The molecule has 0 fully saturated rings. The minimum Gasteiger partial charge on any atom is -0.489 e. The van der Waals surface area contributed by atoms with Crippen molar-refractivity contribution in [2.45, 2.75) is 39.8 Å². The number of carboxylic acids is 1. The van der Waals surface area contributed by atoms with E-state index in [1.165, 1.54) is 0 Å². The minimum absolute atomic E-state index is 0.00454. The quantitative estimate of drug-likeness (QED) is 0.320. The maximum Gasteiger partial charge on any atom is 0.326 e. The first-order chi connectivity index (χ1) is 16.2. The van der Waals surface area contributed by atoms with E-state index in [9.17, 15) is 9.90 Å². The summed E-state index contributed by atoms with van der Waals surface area (Å²) in [6.45, 7) is 7.55. The van der Waals surface area contributed by atoms with Gasteiger partial charge in [0, 0.05) is 22.7 Å². The Labute approximate surface area is 201 Å². The van der Waals surface area contributed by atoms with Crippen LogP contribution in [0.3, 0.4) is 0 Å². The van der Waals surface area contributed by atoms with Crippen LogP contribution in [0.4, 0.5) is 5.82 Å². The molecule has 176 valence electrons. The molecule has 2 N–H and O–H groups in total. The van der Waals surface area contributed by atoms with Gasteiger partial charge in [0.05, 0.1) is 11.1 Å². The second-order valence-electron chi connectivity index (χ2n) is 8.50. The largest absolute Gasteiger partial charge is 0.489 e. The molecule has 0 aliphatic rings. The van der Waals surface area contributed by atoms with Gasteiger partial charge in [0.2, 0.25) is 5.82 Å². The number of nitrogens with zero attached hydrogens (tertiary/aromatic N) is 3. The van der Waals surface area contributed by atoms with E-state index in [0.717, 1.165) is 16.3 Å². The van der Waals surface area contributed by atoms with Gasteiger partial charge in [0.15, 0.2) is 0 Å². The van der Waals surface area contributed by atoms with Gasteiger partial charge in [-0.1, -0.05) is 48.8 Å². The van der Waals surface area contributed by atoms with Crippen LogP contribution in [0.2, 0.25) is 5.02 Å². The summed E-state index contributed by atoms with van der Waals surface area (Å²) in [4.78, 5) is 20.6. The molecule has 0 aliphatic heterocycles. The highest BCUT2D eigenvalue weighted by Gasteiger charge is 2.23. The monoisotopic (exact) mass is 480 g/mol. The molecule has 1 unspecified atom stereocenters. The first-order valence-electron chi connectivity index (χ1n) is 10.9. The third-order valence-corrected chi connectivity index (χ3v) is 5.53. The van der Waals surface area contributed by atoms with Gasteiger partial charge in [0.25, 0.3) is 5.89 Å². The second-order valence-corrected chi connectivity index (χ2v) is 8.91. The predicted octanol–water partition coefficient (Wildman–Crippen LogP) is 5.91. The van der Waals surface area contributed by atoms with Crippen LogP contribution in [0.15, 0.2) is 53.2 Å². The summed E-state index contributed by atoms with van der Waals surface area (Å²) >= 11 is 6.36. The number of benzene rings is 2. The van der Waals surface area contributed by atoms with E-state index in [-0.39, 0.29) is 12.0 Å². The fourth-order valence-electron chi connectivity index (χ4n) is 3.61. The Balaban J connectivity index is 1.69. The van der Waals surface area contributed by atoms with E-state index in [4.69, 9.17) is 20.9 Å². The molecule has 0 bridgehead atoms. The molecule has 2 aromatic heterocycles. The molecule has 2 heterocycles. The van der Waals surface area contributed by atoms with Crippen molar-refractivity contribution < 1.29 is 19.2 Å². The van der Waals surface area contributed by atoms with Crippen molar-refractivity contribution in [3.8, 4) is 28.6 Å². The summed E-state index contributed by atoms with van der Waals surface area (Å²) < 4.78 is 11.2. The van der Waals surface area contributed by atoms with E-state index in [1.54, 1.807) is 18.3 Å². The van der Waals surface area contributed by atoms with Crippen LogP contribution in [-0.4, -0.2) is 38.3 Å². The number of fused-ring (bicyclic) bond motifs is 1. The Bertz CT molecular complexity index is 1340. The normalized spacial score (nSPS) is 12.3. The number of aliphatic carboxylic acids is 1. The smallest absolute Gasteiger partial charge is 0.326 e. The van der Waals surface area contributed by atoms with Gasteiger partial charge in [-0.15, -0.1) is 0 Å². The molecule has 8 nitrogen and oxygen atoms in total. The topological polar surface area (TPSA) is 110 Å². The molecule has 0 saturated carbocycles. The molecular formula is C25H25ClN4O4. The Morgan fingerprint density at radius 2 is 1.91 bits per heavy atom. The molecule has 0 aliphatic carbocycles. The van der Waals surface area contributed by atoms with Crippen LogP contribution in [-0.2, 0) is 4.79 Å². The number of pyridine rings is 1. The third-order valence-electron chi connectivity index (χ3n) is 5.24. The summed E-state index contributed by atoms with van der Waals surface area (Å²) in [6, 6.07) is 12.0. The summed E-state index contributed by atoms with van der Waals surface area (Å²) in [6.07, 6.45) is 1.63. The third kappa shape index (κ3) is 4.82. The molecule has 2 aromatic carbocycles. The van der Waals surface area contributed by atoms with Crippen LogP contribution in [0.1, 0.15) is 27.7 Å². The van der Waals surface area contributed by atoms with Crippen molar-refractivity contribution >= 4 is 34.2 Å². The van der Waals surface area contributed by atoms with Crippen LogP contribution in [0.5, 0.6) is 5.75 Å². The van der Waals surface area contributed by atoms with Gasteiger partial charge >= 0.3 is 5.97 Å². The molecule has 1 atom stereocenters. The van der Waals surface area contributed by atoms with Gasteiger partial charge < -0.3 is 19.7 Å². The zero-order chi connectivity index (χ0) is 24.4. The lowest BCUT2D eigenvalue weighted by Gasteiger charge is -2.19. The highest BCUT2D eigenvalue weighted by atomic mass is 35.5. The van der Waals surface area contributed by atoms with Gasteiger partial charge in [-0.3, -0.25) is 0 Å². The molecule has 4 aromatic rings. The Kier molecular flexibility index (Phi) is 6.70. The molecule has 34 heavy (non-hydrogen) atoms. The minimum atomic E-state index is -0.934. The number of rotatable bonds is 8. The zero-order valence-electron chi connectivity index (χ0n) is 19.2. The van der Waals surface area contributed by atoms with Crippen LogP contribution < -0.4 is 10.1 Å². The lowest BCUT2D eigenvalue weighted by Crippen LogP contribution is -2.34. The number of aromatic nitrogens is 3. The number of nitrogens with one attached hydrogen (secondary N) is 1. The molecule has 0 amide bonds. The van der Waals surface area contributed by atoms with Gasteiger partial charge in [-0.2, -0.15) is 4.98 Å². The highest BCUT2D eigenvalue weighted by Crippen LogP contribution is 2.34. The van der Waals surface area contributed by atoms with E-state index >= 15 is 0 Å². The van der Waals surface area contributed by atoms with Crippen LogP contribution >= 0.6 is 11.6 Å². The van der Waals surface area contributed by atoms with Crippen molar-refractivity contribution in [2.75, 3.05) is 5.32 Å². The van der Waals surface area contributed by atoms with Crippen molar-refractivity contribution in [1.82, 2.24) is 15.1 Å². The lowest BCUT2D eigenvalue weighted by molar-refractivity contribution is -0.138. The number of anilines is 1. The number of hydrogen-bond donors (Lipinski definition) is 2. The van der Waals surface area contributed by atoms with Crippen LogP contribution in [0, 0.1) is 5.92 Å². The molecule has 0 saturated heterocycles. The fraction of sp³-hybridized carbons (Fsp3) is 0.280. The zero-order valence-corrected chi connectivity index (χ0v) is 20.0. The highest BCUT2D eigenvalue weighted by molar-refractivity contribution is 6.32. The van der Waals surface area contributed by atoms with Crippen LogP contribution in [0.25, 0.3) is 33.6 Å². The van der Waals surface area contributed by atoms with Crippen molar-refractivity contribution in [2.24, 2.45) is 5.92 Å². The van der Waals surface area contributed by atoms with Crippen molar-refractivity contribution in [1.29, 1.82) is 0 Å². The van der Waals surface area contributed by atoms with Crippen molar-refractivity contribution in [3.05, 3.63) is 53.7 Å². The Morgan fingerprint density at radius 1 is 1.12 bits per heavy atom. The van der Waals surface area contributed by atoms with E-state index in [0.29, 0.717) is 33.9 Å². The second kappa shape index (κ2) is 9.69. The summed E-state index contributed by atoms with van der Waals surface area (Å²) in [7, 11) is 0. The molecule has 0 spiro atoms. The van der Waals surface area contributed by atoms with E-state index in [2.05, 4.69) is 20.4 Å². The number of carboxylic acid groups (broad SMARTS) is 1.